The quantitative estimate of drug-likeness (QED) is 0.887. The van der Waals surface area contributed by atoms with Gasteiger partial charge in [-0.25, -0.2) is 4.98 Å². The van der Waals surface area contributed by atoms with Crippen molar-refractivity contribution in [3.05, 3.63) is 53.7 Å². The minimum absolute atomic E-state index is 0.103. The fraction of sp³-hybridized carbons (Fsp3) is 0.294. The summed E-state index contributed by atoms with van der Waals surface area (Å²) in [6, 6.07) is 12.0. The van der Waals surface area contributed by atoms with Crippen LogP contribution in [0, 0.1) is 11.8 Å². The van der Waals surface area contributed by atoms with Crippen molar-refractivity contribution < 1.29 is 4.79 Å². The third kappa shape index (κ3) is 2.07. The van der Waals surface area contributed by atoms with Crippen LogP contribution in [0.15, 0.2) is 42.6 Å². The van der Waals surface area contributed by atoms with Crippen molar-refractivity contribution in [1.82, 2.24) is 4.98 Å². The van der Waals surface area contributed by atoms with Gasteiger partial charge in [0.15, 0.2) is 0 Å². The second kappa shape index (κ2) is 4.58. The van der Waals surface area contributed by atoms with Crippen molar-refractivity contribution in [2.45, 2.75) is 18.8 Å². The fourth-order valence-electron chi connectivity index (χ4n) is 3.63. The van der Waals surface area contributed by atoms with Gasteiger partial charge in [0.1, 0.15) is 5.82 Å². The third-order valence-electron chi connectivity index (χ3n) is 4.69. The number of nitrogens with one attached hydrogen (secondary N) is 1. The molecule has 2 aliphatic rings. The summed E-state index contributed by atoms with van der Waals surface area (Å²) in [5, 5.41) is 2.96. The van der Waals surface area contributed by atoms with E-state index in [1.165, 1.54) is 11.1 Å². The monoisotopic (exact) mass is 279 g/mol. The summed E-state index contributed by atoms with van der Waals surface area (Å²) >= 11 is 0. The highest BCUT2D eigenvalue weighted by atomic mass is 16.2. The molecule has 2 aromatic rings. The number of carbonyl (C=O) groups is 1. The Morgan fingerprint density at radius 2 is 2.10 bits per heavy atom. The predicted octanol–water partition coefficient (Wildman–Crippen LogP) is 2.58. The molecule has 0 spiro atoms. The molecule has 1 fully saturated rings. The van der Waals surface area contributed by atoms with Crippen LogP contribution in [-0.2, 0) is 11.2 Å². The normalized spacial score (nSPS) is 25.6. The van der Waals surface area contributed by atoms with E-state index in [1.54, 1.807) is 18.3 Å². The van der Waals surface area contributed by atoms with E-state index in [0.717, 1.165) is 12.8 Å². The Morgan fingerprint density at radius 3 is 2.90 bits per heavy atom. The van der Waals surface area contributed by atoms with Gasteiger partial charge < -0.3 is 11.1 Å². The zero-order valence-corrected chi connectivity index (χ0v) is 11.6. The molecule has 3 unspecified atom stereocenters. The van der Waals surface area contributed by atoms with Crippen LogP contribution in [-0.4, -0.2) is 10.9 Å². The van der Waals surface area contributed by atoms with Crippen LogP contribution in [0.3, 0.4) is 0 Å². The number of nitrogen functional groups attached to an aromatic ring is 1. The number of carbonyl (C=O) groups excluding carboxylic acids is 1. The lowest BCUT2D eigenvalue weighted by Gasteiger charge is -2.13. The number of hydrogen-bond acceptors (Lipinski definition) is 3. The smallest absolute Gasteiger partial charge is 0.228 e. The lowest BCUT2D eigenvalue weighted by atomic mass is 9.92. The van der Waals surface area contributed by atoms with Gasteiger partial charge in [-0.3, -0.25) is 4.79 Å². The van der Waals surface area contributed by atoms with E-state index >= 15 is 0 Å². The number of fused-ring (bicyclic) bond motifs is 3. The Morgan fingerprint density at radius 1 is 1.24 bits per heavy atom. The van der Waals surface area contributed by atoms with Crippen molar-refractivity contribution >= 4 is 17.4 Å². The molecule has 1 aromatic carbocycles. The second-order valence-corrected chi connectivity index (χ2v) is 5.91. The van der Waals surface area contributed by atoms with Crippen LogP contribution in [0.25, 0.3) is 0 Å². The number of aryl methyl sites for hydroxylation is 1. The Labute approximate surface area is 123 Å². The molecule has 1 aromatic heterocycles. The van der Waals surface area contributed by atoms with Crippen molar-refractivity contribution in [3.8, 4) is 0 Å². The molecular weight excluding hydrogens is 262 g/mol. The second-order valence-electron chi connectivity index (χ2n) is 5.91. The van der Waals surface area contributed by atoms with Crippen molar-refractivity contribution in [2.75, 3.05) is 11.1 Å². The first-order valence-corrected chi connectivity index (χ1v) is 7.34. The van der Waals surface area contributed by atoms with Gasteiger partial charge in [0.2, 0.25) is 5.91 Å². The van der Waals surface area contributed by atoms with Gasteiger partial charge in [-0.05, 0) is 47.9 Å². The van der Waals surface area contributed by atoms with Crippen LogP contribution in [0.4, 0.5) is 11.5 Å². The van der Waals surface area contributed by atoms with E-state index in [9.17, 15) is 4.79 Å². The van der Waals surface area contributed by atoms with Crippen LogP contribution in [0.5, 0.6) is 0 Å². The van der Waals surface area contributed by atoms with E-state index in [-0.39, 0.29) is 11.8 Å². The maximum Gasteiger partial charge on any atom is 0.228 e. The Bertz CT molecular complexity index is 695. The molecule has 0 radical (unpaired) electrons. The van der Waals surface area contributed by atoms with Gasteiger partial charge in [0.05, 0.1) is 11.9 Å². The Hall–Kier alpha value is -2.36. The fourth-order valence-corrected chi connectivity index (χ4v) is 3.63. The number of aromatic nitrogens is 1. The van der Waals surface area contributed by atoms with Gasteiger partial charge in [-0.1, -0.05) is 24.3 Å². The van der Waals surface area contributed by atoms with Crippen LogP contribution in [0.1, 0.15) is 23.5 Å². The summed E-state index contributed by atoms with van der Waals surface area (Å²) in [5.41, 5.74) is 9.04. The molecule has 2 aliphatic carbocycles. The molecule has 4 heteroatoms. The van der Waals surface area contributed by atoms with E-state index in [1.807, 2.05) is 0 Å². The molecule has 3 N–H and O–H groups in total. The number of amides is 1. The van der Waals surface area contributed by atoms with Gasteiger partial charge >= 0.3 is 0 Å². The summed E-state index contributed by atoms with van der Waals surface area (Å²) in [7, 11) is 0. The number of anilines is 2. The van der Waals surface area contributed by atoms with Crippen molar-refractivity contribution in [1.29, 1.82) is 0 Å². The van der Waals surface area contributed by atoms with E-state index in [4.69, 9.17) is 5.73 Å². The highest BCUT2D eigenvalue weighted by molar-refractivity contribution is 5.95. The zero-order valence-electron chi connectivity index (χ0n) is 11.6. The minimum Gasteiger partial charge on any atom is -0.384 e. The number of rotatable bonds is 2. The summed E-state index contributed by atoms with van der Waals surface area (Å²) in [4.78, 5) is 16.5. The highest BCUT2D eigenvalue weighted by Gasteiger charge is 2.56. The first kappa shape index (κ1) is 12.4. The molecule has 1 saturated carbocycles. The lowest BCUT2D eigenvalue weighted by Crippen LogP contribution is -2.15. The average Bonchev–Trinajstić information content (AvgIpc) is 3.25. The van der Waals surface area contributed by atoms with E-state index in [2.05, 4.69) is 34.6 Å². The van der Waals surface area contributed by atoms with Gasteiger partial charge in [0.25, 0.3) is 0 Å². The topological polar surface area (TPSA) is 68.0 Å². The maximum atomic E-state index is 12.5. The summed E-state index contributed by atoms with van der Waals surface area (Å²) in [6.07, 6.45) is 3.80. The molecule has 0 aliphatic heterocycles. The molecule has 3 atom stereocenters. The zero-order chi connectivity index (χ0) is 14.4. The van der Waals surface area contributed by atoms with Gasteiger partial charge in [0, 0.05) is 5.92 Å². The number of nitrogens with two attached hydrogens (primary N) is 1. The third-order valence-corrected chi connectivity index (χ3v) is 4.69. The molecule has 0 saturated heterocycles. The first-order valence-electron chi connectivity index (χ1n) is 7.34. The summed E-state index contributed by atoms with van der Waals surface area (Å²) in [5.74, 6) is 1.57. The molecular formula is C17H17N3O. The van der Waals surface area contributed by atoms with Crippen LogP contribution in [0.2, 0.25) is 0 Å². The number of benzene rings is 1. The molecule has 1 amide bonds. The van der Waals surface area contributed by atoms with Crippen molar-refractivity contribution in [3.63, 3.8) is 0 Å². The summed E-state index contributed by atoms with van der Waals surface area (Å²) < 4.78 is 0. The average molecular weight is 279 g/mol. The highest BCUT2D eigenvalue weighted by Crippen LogP contribution is 2.60. The minimum atomic E-state index is 0.103. The van der Waals surface area contributed by atoms with Crippen LogP contribution < -0.4 is 11.1 Å². The predicted molar refractivity (Wildman–Crippen MR) is 81.8 cm³/mol. The molecule has 4 rings (SSSR count). The number of hydrogen-bond donors (Lipinski definition) is 2. The van der Waals surface area contributed by atoms with Gasteiger partial charge in [-0.2, -0.15) is 0 Å². The SMILES string of the molecule is Nc1ccc(NC(=O)C2C3CCc4ccccc4C32)cn1. The van der Waals surface area contributed by atoms with E-state index < -0.39 is 0 Å². The standard InChI is InChI=1S/C17H17N3O/c18-14-8-6-11(9-19-14)20-17(21)16-13-7-5-10-3-1-2-4-12(10)15(13)16/h1-4,6,8-9,13,15-16H,5,7H2,(H2,18,19)(H,20,21). The molecule has 21 heavy (non-hydrogen) atoms. The van der Waals surface area contributed by atoms with E-state index in [0.29, 0.717) is 23.3 Å². The van der Waals surface area contributed by atoms with Gasteiger partial charge in [-0.15, -0.1) is 0 Å². The summed E-state index contributed by atoms with van der Waals surface area (Å²) in [6.45, 7) is 0. The van der Waals surface area contributed by atoms with Crippen LogP contribution >= 0.6 is 0 Å². The van der Waals surface area contributed by atoms with Crippen molar-refractivity contribution in [2.24, 2.45) is 11.8 Å². The Balaban J connectivity index is 1.52. The molecule has 4 nitrogen and oxygen atoms in total. The Kier molecular flexibility index (Phi) is 2.70. The lowest BCUT2D eigenvalue weighted by molar-refractivity contribution is -0.117. The number of pyridine rings is 1. The molecule has 0 bridgehead atoms. The molecule has 106 valence electrons. The first-order chi connectivity index (χ1) is 10.2. The molecule has 1 heterocycles. The maximum absolute atomic E-state index is 12.5. The number of nitrogens with zero attached hydrogens (tertiary/aromatic N) is 1. The largest absolute Gasteiger partial charge is 0.384 e.